The molecule has 0 saturated heterocycles. The van der Waals surface area contributed by atoms with Gasteiger partial charge in [-0.2, -0.15) is 0 Å². The molecule has 0 fully saturated rings. The van der Waals surface area contributed by atoms with E-state index in [4.69, 9.17) is 14.2 Å². The van der Waals surface area contributed by atoms with Crippen molar-refractivity contribution in [2.24, 2.45) is 0 Å². The summed E-state index contributed by atoms with van der Waals surface area (Å²) in [5.41, 5.74) is 0. The lowest BCUT2D eigenvalue weighted by Crippen LogP contribution is -2.30. The molecule has 0 amide bonds. The van der Waals surface area contributed by atoms with Gasteiger partial charge in [0.05, 0.1) is 0 Å². The first-order chi connectivity index (χ1) is 39.5. The normalized spacial score (nSPS) is 12.7. The Bertz CT molecular complexity index is 1560. The van der Waals surface area contributed by atoms with Crippen LogP contribution in [0.5, 0.6) is 0 Å². The van der Waals surface area contributed by atoms with Gasteiger partial charge >= 0.3 is 17.9 Å². The third-order valence-electron chi connectivity index (χ3n) is 14.8. The first-order valence-corrected chi connectivity index (χ1v) is 34.2. The topological polar surface area (TPSA) is 78.9 Å². The van der Waals surface area contributed by atoms with E-state index in [9.17, 15) is 14.4 Å². The molecular weight excluding hydrogens is 985 g/mol. The molecule has 0 aliphatic carbocycles. The van der Waals surface area contributed by atoms with Gasteiger partial charge in [0.2, 0.25) is 0 Å². The molecular formula is C74H128O6. The number of rotatable bonds is 62. The van der Waals surface area contributed by atoms with Crippen LogP contribution in [0.2, 0.25) is 0 Å². The first-order valence-electron chi connectivity index (χ1n) is 34.2. The maximum Gasteiger partial charge on any atom is 0.306 e. The molecule has 80 heavy (non-hydrogen) atoms. The minimum Gasteiger partial charge on any atom is -0.462 e. The third-order valence-corrected chi connectivity index (χ3v) is 14.8. The van der Waals surface area contributed by atoms with Crippen LogP contribution >= 0.6 is 0 Å². The minimum atomic E-state index is -0.799. The smallest absolute Gasteiger partial charge is 0.306 e. The molecule has 0 aromatic heterocycles. The summed E-state index contributed by atoms with van der Waals surface area (Å²) in [5, 5.41) is 0. The Morgan fingerprint density at radius 3 is 0.787 bits per heavy atom. The van der Waals surface area contributed by atoms with Crippen molar-refractivity contribution in [1.82, 2.24) is 0 Å². The summed E-state index contributed by atoms with van der Waals surface area (Å²) in [7, 11) is 0. The molecule has 0 aliphatic heterocycles. The van der Waals surface area contributed by atoms with E-state index in [0.29, 0.717) is 19.3 Å². The van der Waals surface area contributed by atoms with E-state index >= 15 is 0 Å². The second-order valence-electron chi connectivity index (χ2n) is 22.7. The van der Waals surface area contributed by atoms with Gasteiger partial charge in [0, 0.05) is 19.3 Å². The zero-order chi connectivity index (χ0) is 57.8. The van der Waals surface area contributed by atoms with Crippen molar-refractivity contribution in [3.05, 3.63) is 97.2 Å². The van der Waals surface area contributed by atoms with Crippen LogP contribution in [-0.4, -0.2) is 37.2 Å². The highest BCUT2D eigenvalue weighted by Gasteiger charge is 2.19. The number of hydrogen-bond acceptors (Lipinski definition) is 6. The van der Waals surface area contributed by atoms with Gasteiger partial charge in [-0.25, -0.2) is 0 Å². The molecule has 0 N–H and O–H groups in total. The molecule has 0 aromatic rings. The fourth-order valence-corrected chi connectivity index (χ4v) is 9.71. The number of hydrogen-bond donors (Lipinski definition) is 0. The highest BCUT2D eigenvalue weighted by molar-refractivity contribution is 5.71. The standard InChI is InChI=1S/C74H128O6/c1-4-7-10-13-16-19-22-24-26-28-30-32-33-34-35-36-37-38-39-40-41-43-44-46-48-50-52-55-58-61-64-67-73(76)79-70-71(69-78-72(75)66-63-60-57-54-21-18-15-12-9-6-3)80-74(77)68-65-62-59-56-53-51-49-47-45-42-31-29-27-25-23-20-17-14-11-8-5-2/h8,11,17,20,22,24-25,27-28,30-31,42,47,49,53,56,71H,4-7,9-10,12-16,18-19,21,23,26,29,32-41,43-46,48,50-52,54-55,57-70H2,1-3H3/b11-8-,20-17-,24-22-,27-25-,30-28-,42-31-,49-47-,56-53-. The van der Waals surface area contributed by atoms with Gasteiger partial charge in [-0.3, -0.25) is 14.4 Å². The second-order valence-corrected chi connectivity index (χ2v) is 22.7. The monoisotopic (exact) mass is 1110 g/mol. The van der Waals surface area contributed by atoms with Gasteiger partial charge in [-0.05, 0) is 103 Å². The van der Waals surface area contributed by atoms with E-state index in [0.717, 1.165) is 96.3 Å². The number of ether oxygens (including phenoxy) is 3. The van der Waals surface area contributed by atoms with Gasteiger partial charge in [0.15, 0.2) is 6.10 Å². The number of carbonyl (C=O) groups is 3. The van der Waals surface area contributed by atoms with Crippen molar-refractivity contribution in [3.8, 4) is 0 Å². The van der Waals surface area contributed by atoms with Gasteiger partial charge < -0.3 is 14.2 Å². The molecule has 0 rings (SSSR count). The molecule has 0 saturated carbocycles. The predicted molar refractivity (Wildman–Crippen MR) is 348 cm³/mol. The van der Waals surface area contributed by atoms with Crippen molar-refractivity contribution in [3.63, 3.8) is 0 Å². The lowest BCUT2D eigenvalue weighted by molar-refractivity contribution is -0.167. The van der Waals surface area contributed by atoms with Gasteiger partial charge in [0.1, 0.15) is 13.2 Å². The second kappa shape index (κ2) is 67.8. The quantitative estimate of drug-likeness (QED) is 0.0261. The summed E-state index contributed by atoms with van der Waals surface area (Å²) in [6, 6.07) is 0. The van der Waals surface area contributed by atoms with E-state index in [1.54, 1.807) is 0 Å². The van der Waals surface area contributed by atoms with Crippen LogP contribution in [0.3, 0.4) is 0 Å². The van der Waals surface area contributed by atoms with Gasteiger partial charge in [-0.1, -0.05) is 311 Å². The van der Waals surface area contributed by atoms with Gasteiger partial charge in [-0.15, -0.1) is 0 Å². The van der Waals surface area contributed by atoms with E-state index in [-0.39, 0.29) is 37.5 Å². The van der Waals surface area contributed by atoms with Crippen LogP contribution < -0.4 is 0 Å². The number of carbonyl (C=O) groups excluding carboxylic acids is 3. The van der Waals surface area contributed by atoms with Crippen molar-refractivity contribution in [1.29, 1.82) is 0 Å². The average Bonchev–Trinajstić information content (AvgIpc) is 3.46. The summed E-state index contributed by atoms with van der Waals surface area (Å²) in [6.45, 7) is 6.50. The maximum absolute atomic E-state index is 12.9. The number of esters is 3. The molecule has 0 aromatic carbocycles. The Labute approximate surface area is 496 Å². The van der Waals surface area contributed by atoms with E-state index in [1.807, 2.05) is 0 Å². The summed E-state index contributed by atoms with van der Waals surface area (Å²) in [5.74, 6) is -0.924. The van der Waals surface area contributed by atoms with E-state index in [1.165, 1.54) is 193 Å². The number of allylic oxidation sites excluding steroid dienone is 16. The predicted octanol–water partition coefficient (Wildman–Crippen LogP) is 23.6. The van der Waals surface area contributed by atoms with Crippen LogP contribution in [0.1, 0.15) is 335 Å². The molecule has 0 spiro atoms. The third kappa shape index (κ3) is 65.1. The van der Waals surface area contributed by atoms with Crippen LogP contribution in [-0.2, 0) is 28.6 Å². The maximum atomic E-state index is 12.9. The molecule has 0 heterocycles. The Morgan fingerprint density at radius 2 is 0.487 bits per heavy atom. The molecule has 1 atom stereocenters. The number of unbranched alkanes of at least 4 members (excludes halogenated alkanes) is 35. The first kappa shape index (κ1) is 76.3. The Balaban J connectivity index is 4.20. The average molecular weight is 1110 g/mol. The Kier molecular flexibility index (Phi) is 64.7. The summed E-state index contributed by atoms with van der Waals surface area (Å²) >= 11 is 0. The minimum absolute atomic E-state index is 0.0918. The van der Waals surface area contributed by atoms with Gasteiger partial charge in [0.25, 0.3) is 0 Å². The summed E-state index contributed by atoms with van der Waals surface area (Å²) < 4.78 is 16.9. The molecule has 6 nitrogen and oxygen atoms in total. The molecule has 460 valence electrons. The van der Waals surface area contributed by atoms with Crippen molar-refractivity contribution < 1.29 is 28.6 Å². The summed E-state index contributed by atoms with van der Waals surface area (Å²) in [4.78, 5) is 38.3. The van der Waals surface area contributed by atoms with Crippen molar-refractivity contribution >= 4 is 17.9 Å². The lowest BCUT2D eigenvalue weighted by Gasteiger charge is -2.18. The van der Waals surface area contributed by atoms with Crippen molar-refractivity contribution in [2.45, 2.75) is 341 Å². The van der Waals surface area contributed by atoms with Crippen LogP contribution in [0.4, 0.5) is 0 Å². The lowest BCUT2D eigenvalue weighted by atomic mass is 10.0. The summed E-state index contributed by atoms with van der Waals surface area (Å²) in [6.07, 6.45) is 91.6. The largest absolute Gasteiger partial charge is 0.462 e. The van der Waals surface area contributed by atoms with Crippen LogP contribution in [0.15, 0.2) is 97.2 Å². The highest BCUT2D eigenvalue weighted by atomic mass is 16.6. The fraction of sp³-hybridized carbons (Fsp3) is 0.743. The van der Waals surface area contributed by atoms with Crippen molar-refractivity contribution in [2.75, 3.05) is 13.2 Å². The van der Waals surface area contributed by atoms with E-state index < -0.39 is 6.10 Å². The zero-order valence-electron chi connectivity index (χ0n) is 52.8. The molecule has 0 aliphatic rings. The van der Waals surface area contributed by atoms with Crippen LogP contribution in [0.25, 0.3) is 0 Å². The zero-order valence-corrected chi connectivity index (χ0v) is 52.8. The fourth-order valence-electron chi connectivity index (χ4n) is 9.71. The van der Waals surface area contributed by atoms with E-state index in [2.05, 4.69) is 118 Å². The Hall–Kier alpha value is -3.67. The molecule has 6 heteroatoms. The molecule has 0 radical (unpaired) electrons. The molecule has 1 unspecified atom stereocenters. The highest BCUT2D eigenvalue weighted by Crippen LogP contribution is 2.17. The SMILES string of the molecule is CC/C=C\C/C=C\C/C=C\C/C=C\C/C=C\C/C=C\CCCCC(=O)OC(COC(=O)CCCCCCCCCCCC)COC(=O)CCCCCCCCCCCCCCCCCCCCC/C=C\C/C=C\CCCCCCC. The molecule has 0 bridgehead atoms. The Morgan fingerprint density at radius 1 is 0.263 bits per heavy atom. The van der Waals surface area contributed by atoms with Crippen LogP contribution in [0, 0.1) is 0 Å².